The summed E-state index contributed by atoms with van der Waals surface area (Å²) in [5, 5.41) is 25.5. The van der Waals surface area contributed by atoms with E-state index in [-0.39, 0.29) is 23.9 Å². The molecule has 0 saturated heterocycles. The number of hydrogen-bond acceptors (Lipinski definition) is 4. The normalized spacial score (nSPS) is 30.6. The first-order valence-electron chi connectivity index (χ1n) is 9.51. The lowest BCUT2D eigenvalue weighted by atomic mass is 9.92. The van der Waals surface area contributed by atoms with Crippen molar-refractivity contribution in [1.29, 1.82) is 0 Å². The molecule has 6 nitrogen and oxygen atoms in total. The van der Waals surface area contributed by atoms with Gasteiger partial charge in [-0.1, -0.05) is 25.7 Å². The van der Waals surface area contributed by atoms with Gasteiger partial charge in [-0.2, -0.15) is 0 Å². The second kappa shape index (κ2) is 9.99. The van der Waals surface area contributed by atoms with E-state index >= 15 is 0 Å². The first-order chi connectivity index (χ1) is 11.6. The summed E-state index contributed by atoms with van der Waals surface area (Å²) in [6, 6.07) is -0.218. The molecule has 0 unspecified atom stereocenters. The van der Waals surface area contributed by atoms with Crippen molar-refractivity contribution in [2.45, 2.75) is 101 Å². The van der Waals surface area contributed by atoms with Crippen molar-refractivity contribution in [2.24, 2.45) is 0 Å². The first-order valence-corrected chi connectivity index (χ1v) is 9.51. The molecule has 0 aromatic rings. The van der Waals surface area contributed by atoms with Crippen molar-refractivity contribution >= 4 is 11.8 Å². The molecule has 138 valence electrons. The molecule has 24 heavy (non-hydrogen) atoms. The number of aliphatic hydroxyl groups is 2. The predicted molar refractivity (Wildman–Crippen MR) is 91.3 cm³/mol. The summed E-state index contributed by atoms with van der Waals surface area (Å²) in [6.07, 6.45) is 8.64. The van der Waals surface area contributed by atoms with Gasteiger partial charge in [0.05, 0.1) is 24.3 Å². The van der Waals surface area contributed by atoms with Gasteiger partial charge in [-0.15, -0.1) is 0 Å². The lowest BCUT2D eigenvalue weighted by Gasteiger charge is -2.28. The van der Waals surface area contributed by atoms with Gasteiger partial charge in [-0.25, -0.2) is 0 Å². The highest BCUT2D eigenvalue weighted by Crippen LogP contribution is 2.19. The molecule has 0 aromatic heterocycles. The zero-order valence-electron chi connectivity index (χ0n) is 14.5. The zero-order chi connectivity index (χ0) is 17.4. The molecule has 2 aliphatic carbocycles. The maximum absolute atomic E-state index is 11.9. The fourth-order valence-electron chi connectivity index (χ4n) is 3.69. The van der Waals surface area contributed by atoms with E-state index in [1.165, 1.54) is 0 Å². The van der Waals surface area contributed by atoms with Gasteiger partial charge in [0.25, 0.3) is 0 Å². The minimum absolute atomic E-state index is 0.0379. The highest BCUT2D eigenvalue weighted by Gasteiger charge is 2.25. The monoisotopic (exact) mass is 340 g/mol. The Morgan fingerprint density at radius 3 is 1.46 bits per heavy atom. The topological polar surface area (TPSA) is 98.7 Å². The van der Waals surface area contributed by atoms with E-state index in [1.54, 1.807) is 0 Å². The van der Waals surface area contributed by atoms with Crippen LogP contribution in [0.1, 0.15) is 77.0 Å². The predicted octanol–water partition coefficient (Wildman–Crippen LogP) is 1.39. The molecule has 2 fully saturated rings. The summed E-state index contributed by atoms with van der Waals surface area (Å²) in [5.74, 6) is -0.0758. The summed E-state index contributed by atoms with van der Waals surface area (Å²) < 4.78 is 0. The fourth-order valence-corrected chi connectivity index (χ4v) is 3.69. The van der Waals surface area contributed by atoms with Crippen molar-refractivity contribution in [2.75, 3.05) is 0 Å². The molecule has 0 radical (unpaired) electrons. The van der Waals surface area contributed by atoms with Gasteiger partial charge < -0.3 is 20.8 Å². The van der Waals surface area contributed by atoms with Crippen LogP contribution in [0.2, 0.25) is 0 Å². The maximum atomic E-state index is 11.9. The Labute approximate surface area is 144 Å². The van der Waals surface area contributed by atoms with Gasteiger partial charge in [-0.05, 0) is 38.5 Å². The molecule has 0 spiro atoms. The van der Waals surface area contributed by atoms with Crippen LogP contribution < -0.4 is 10.6 Å². The number of hydrogen-bond donors (Lipinski definition) is 4. The molecular weight excluding hydrogens is 308 g/mol. The Kier molecular flexibility index (Phi) is 7.99. The van der Waals surface area contributed by atoms with Crippen LogP contribution in [0.15, 0.2) is 0 Å². The Balaban J connectivity index is 1.55. The number of unbranched alkanes of at least 4 members (excludes halogenated alkanes) is 1. The number of rotatable bonds is 7. The highest BCUT2D eigenvalue weighted by atomic mass is 16.3. The molecule has 2 amide bonds. The van der Waals surface area contributed by atoms with Crippen LogP contribution >= 0.6 is 0 Å². The minimum Gasteiger partial charge on any atom is -0.391 e. The molecule has 2 rings (SSSR count). The van der Waals surface area contributed by atoms with Gasteiger partial charge >= 0.3 is 0 Å². The van der Waals surface area contributed by atoms with Crippen molar-refractivity contribution in [3.05, 3.63) is 0 Å². The van der Waals surface area contributed by atoms with E-state index in [2.05, 4.69) is 10.6 Å². The van der Waals surface area contributed by atoms with Gasteiger partial charge in [0.15, 0.2) is 0 Å². The van der Waals surface area contributed by atoms with Crippen molar-refractivity contribution in [1.82, 2.24) is 10.6 Å². The third kappa shape index (κ3) is 6.40. The largest absolute Gasteiger partial charge is 0.391 e. The summed E-state index contributed by atoms with van der Waals surface area (Å²) in [4.78, 5) is 23.8. The van der Waals surface area contributed by atoms with Crippen molar-refractivity contribution in [3.63, 3.8) is 0 Å². The minimum atomic E-state index is -0.421. The number of carbonyl (C=O) groups is 2. The van der Waals surface area contributed by atoms with Crippen LogP contribution in [0.5, 0.6) is 0 Å². The second-order valence-corrected chi connectivity index (χ2v) is 7.26. The smallest absolute Gasteiger partial charge is 0.220 e. The lowest BCUT2D eigenvalue weighted by molar-refractivity contribution is -0.124. The number of carbonyl (C=O) groups excluding carboxylic acids is 2. The molecule has 2 aliphatic rings. The van der Waals surface area contributed by atoms with Crippen LogP contribution in [0.4, 0.5) is 0 Å². The van der Waals surface area contributed by atoms with E-state index < -0.39 is 12.2 Å². The van der Waals surface area contributed by atoms with Gasteiger partial charge in [0.1, 0.15) is 0 Å². The highest BCUT2D eigenvalue weighted by molar-refractivity contribution is 5.77. The molecular formula is C18H32N2O4. The van der Waals surface area contributed by atoms with E-state index in [1.807, 2.05) is 0 Å². The molecule has 0 aliphatic heterocycles. The second-order valence-electron chi connectivity index (χ2n) is 7.26. The molecule has 0 bridgehead atoms. The Morgan fingerprint density at radius 2 is 1.08 bits per heavy atom. The van der Waals surface area contributed by atoms with Gasteiger partial charge in [0.2, 0.25) is 11.8 Å². The van der Waals surface area contributed by atoms with Gasteiger partial charge in [0, 0.05) is 12.8 Å². The Morgan fingerprint density at radius 1 is 0.708 bits per heavy atom. The number of aliphatic hydroxyl groups excluding tert-OH is 2. The summed E-state index contributed by atoms with van der Waals surface area (Å²) in [7, 11) is 0. The summed E-state index contributed by atoms with van der Waals surface area (Å²) in [5.41, 5.74) is 0. The standard InChI is InChI=1S/C18H32N2O4/c21-15-9-3-1-7-13(15)19-17(23)11-5-6-12-18(24)20-14-8-2-4-10-16(14)22/h13-16,21-22H,1-12H2,(H,19,23)(H,20,24)/t13-,14-,15+,16+/m1/s1. The Bertz CT molecular complexity index is 378. The average Bonchev–Trinajstić information content (AvgIpc) is 2.56. The molecule has 6 heteroatoms. The van der Waals surface area contributed by atoms with Crippen LogP contribution in [0, 0.1) is 0 Å². The Hall–Kier alpha value is -1.14. The SMILES string of the molecule is O=C(CCCCC(=O)N[C@@H]1CCCC[C@@H]1O)N[C@@H]1CCCC[C@@H]1O. The van der Waals surface area contributed by atoms with E-state index in [4.69, 9.17) is 0 Å². The van der Waals surface area contributed by atoms with E-state index in [0.29, 0.717) is 25.7 Å². The van der Waals surface area contributed by atoms with E-state index in [9.17, 15) is 19.8 Å². The van der Waals surface area contributed by atoms with Gasteiger partial charge in [-0.3, -0.25) is 9.59 Å². The quantitative estimate of drug-likeness (QED) is 0.526. The summed E-state index contributed by atoms with van der Waals surface area (Å²) >= 11 is 0. The number of nitrogens with one attached hydrogen (secondary N) is 2. The number of amides is 2. The van der Waals surface area contributed by atoms with Crippen LogP contribution in [0.3, 0.4) is 0 Å². The van der Waals surface area contributed by atoms with Crippen LogP contribution in [0.25, 0.3) is 0 Å². The molecule has 4 atom stereocenters. The van der Waals surface area contributed by atoms with Crippen molar-refractivity contribution < 1.29 is 19.8 Å². The van der Waals surface area contributed by atoms with E-state index in [0.717, 1.165) is 51.4 Å². The zero-order valence-corrected chi connectivity index (χ0v) is 14.5. The first kappa shape index (κ1) is 19.2. The molecule has 0 aromatic carbocycles. The summed E-state index contributed by atoms with van der Waals surface area (Å²) in [6.45, 7) is 0. The van der Waals surface area contributed by atoms with Crippen LogP contribution in [-0.2, 0) is 9.59 Å². The van der Waals surface area contributed by atoms with Crippen molar-refractivity contribution in [3.8, 4) is 0 Å². The fraction of sp³-hybridized carbons (Fsp3) is 0.889. The third-order valence-electron chi connectivity index (χ3n) is 5.21. The molecule has 4 N–H and O–H groups in total. The lowest BCUT2D eigenvalue weighted by Crippen LogP contribution is -2.45. The van der Waals surface area contributed by atoms with Crippen LogP contribution in [-0.4, -0.2) is 46.3 Å². The third-order valence-corrected chi connectivity index (χ3v) is 5.21. The maximum Gasteiger partial charge on any atom is 0.220 e. The molecule has 0 heterocycles. The molecule has 2 saturated carbocycles. The average molecular weight is 340 g/mol.